The zero-order chi connectivity index (χ0) is 13.8. The SMILES string of the molecule is COc1ccc(CC(=O)c2ccnn2C(C)C)cc1. The summed E-state index contributed by atoms with van der Waals surface area (Å²) in [5.74, 6) is 0.875. The molecule has 0 N–H and O–H groups in total. The van der Waals surface area contributed by atoms with Crippen LogP contribution in [0, 0.1) is 0 Å². The van der Waals surface area contributed by atoms with E-state index in [4.69, 9.17) is 4.74 Å². The van der Waals surface area contributed by atoms with Crippen molar-refractivity contribution in [2.45, 2.75) is 26.3 Å². The molecule has 0 atom stereocenters. The van der Waals surface area contributed by atoms with Crippen LogP contribution in [0.5, 0.6) is 5.75 Å². The monoisotopic (exact) mass is 258 g/mol. The molecule has 2 aromatic rings. The fraction of sp³-hybridized carbons (Fsp3) is 0.333. The molecule has 0 radical (unpaired) electrons. The van der Waals surface area contributed by atoms with E-state index < -0.39 is 0 Å². The topological polar surface area (TPSA) is 44.1 Å². The van der Waals surface area contributed by atoms with Gasteiger partial charge in [0.25, 0.3) is 0 Å². The van der Waals surface area contributed by atoms with Crippen LogP contribution in [0.2, 0.25) is 0 Å². The van der Waals surface area contributed by atoms with E-state index in [0.29, 0.717) is 12.1 Å². The Morgan fingerprint density at radius 3 is 2.53 bits per heavy atom. The van der Waals surface area contributed by atoms with E-state index in [1.807, 2.05) is 38.1 Å². The maximum Gasteiger partial charge on any atom is 0.185 e. The molecule has 0 saturated carbocycles. The van der Waals surface area contributed by atoms with Crippen molar-refractivity contribution >= 4 is 5.78 Å². The summed E-state index contributed by atoms with van der Waals surface area (Å²) < 4.78 is 6.85. The number of carbonyl (C=O) groups is 1. The molecular formula is C15H18N2O2. The van der Waals surface area contributed by atoms with E-state index in [9.17, 15) is 4.79 Å². The first kappa shape index (κ1) is 13.3. The second kappa shape index (κ2) is 5.69. The minimum atomic E-state index is 0.0800. The summed E-state index contributed by atoms with van der Waals surface area (Å²) in [6.07, 6.45) is 2.05. The molecule has 4 nitrogen and oxygen atoms in total. The smallest absolute Gasteiger partial charge is 0.185 e. The third-order valence-corrected chi connectivity index (χ3v) is 2.97. The maximum atomic E-state index is 12.3. The van der Waals surface area contributed by atoms with Crippen molar-refractivity contribution in [2.75, 3.05) is 7.11 Å². The van der Waals surface area contributed by atoms with Gasteiger partial charge in [0.05, 0.1) is 7.11 Å². The summed E-state index contributed by atoms with van der Waals surface area (Å²) in [5, 5.41) is 4.18. The van der Waals surface area contributed by atoms with Crippen molar-refractivity contribution in [3.05, 3.63) is 47.8 Å². The highest BCUT2D eigenvalue weighted by Crippen LogP contribution is 2.15. The molecule has 0 spiro atoms. The lowest BCUT2D eigenvalue weighted by Crippen LogP contribution is -2.14. The van der Waals surface area contributed by atoms with Crippen molar-refractivity contribution in [1.82, 2.24) is 9.78 Å². The minimum Gasteiger partial charge on any atom is -0.497 e. The predicted molar refractivity (Wildman–Crippen MR) is 73.6 cm³/mol. The standard InChI is InChI=1S/C15H18N2O2/c1-11(2)17-14(8-9-16-17)15(18)10-12-4-6-13(19-3)7-5-12/h4-9,11H,10H2,1-3H3. The lowest BCUT2D eigenvalue weighted by molar-refractivity contribution is 0.0981. The molecule has 0 aliphatic heterocycles. The van der Waals surface area contributed by atoms with Gasteiger partial charge in [-0.15, -0.1) is 0 Å². The number of aromatic nitrogens is 2. The van der Waals surface area contributed by atoms with E-state index in [1.165, 1.54) is 0 Å². The van der Waals surface area contributed by atoms with Crippen LogP contribution in [-0.4, -0.2) is 22.7 Å². The summed E-state index contributed by atoms with van der Waals surface area (Å²) in [7, 11) is 1.63. The molecule has 0 amide bonds. The molecule has 1 aromatic carbocycles. The molecule has 19 heavy (non-hydrogen) atoms. The number of hydrogen-bond acceptors (Lipinski definition) is 3. The molecule has 0 fully saturated rings. The van der Waals surface area contributed by atoms with Crippen molar-refractivity contribution < 1.29 is 9.53 Å². The average molecular weight is 258 g/mol. The Hall–Kier alpha value is -2.10. The Morgan fingerprint density at radius 1 is 1.26 bits per heavy atom. The van der Waals surface area contributed by atoms with Gasteiger partial charge in [-0.2, -0.15) is 5.10 Å². The molecule has 0 bridgehead atoms. The van der Waals surface area contributed by atoms with Gasteiger partial charge in [0.15, 0.2) is 5.78 Å². The number of methoxy groups -OCH3 is 1. The van der Waals surface area contributed by atoms with E-state index in [2.05, 4.69) is 5.10 Å². The first-order valence-electron chi connectivity index (χ1n) is 6.31. The van der Waals surface area contributed by atoms with E-state index in [1.54, 1.807) is 24.1 Å². The lowest BCUT2D eigenvalue weighted by Gasteiger charge is -2.10. The van der Waals surface area contributed by atoms with E-state index in [-0.39, 0.29) is 11.8 Å². The number of rotatable bonds is 5. The second-order valence-electron chi connectivity index (χ2n) is 4.70. The number of carbonyl (C=O) groups excluding carboxylic acids is 1. The van der Waals surface area contributed by atoms with Gasteiger partial charge in [-0.3, -0.25) is 9.48 Å². The lowest BCUT2D eigenvalue weighted by atomic mass is 10.1. The summed E-state index contributed by atoms with van der Waals surface area (Å²) >= 11 is 0. The van der Waals surface area contributed by atoms with Gasteiger partial charge in [0.2, 0.25) is 0 Å². The van der Waals surface area contributed by atoms with Crippen molar-refractivity contribution in [2.24, 2.45) is 0 Å². The highest BCUT2D eigenvalue weighted by atomic mass is 16.5. The Kier molecular flexibility index (Phi) is 4.00. The Balaban J connectivity index is 2.13. The van der Waals surface area contributed by atoms with Crippen molar-refractivity contribution in [1.29, 1.82) is 0 Å². The van der Waals surface area contributed by atoms with Crippen LogP contribution in [0.3, 0.4) is 0 Å². The molecule has 1 heterocycles. The summed E-state index contributed by atoms with van der Waals surface area (Å²) in [5.41, 5.74) is 1.63. The number of hydrogen-bond donors (Lipinski definition) is 0. The quantitative estimate of drug-likeness (QED) is 0.774. The third-order valence-electron chi connectivity index (χ3n) is 2.97. The van der Waals surface area contributed by atoms with Gasteiger partial charge in [-0.1, -0.05) is 12.1 Å². The van der Waals surface area contributed by atoms with Crippen molar-refractivity contribution in [3.63, 3.8) is 0 Å². The van der Waals surface area contributed by atoms with Gasteiger partial charge >= 0.3 is 0 Å². The third kappa shape index (κ3) is 3.02. The molecule has 1 aromatic heterocycles. The normalized spacial score (nSPS) is 10.7. The fourth-order valence-corrected chi connectivity index (χ4v) is 1.97. The summed E-state index contributed by atoms with van der Waals surface area (Å²) in [6.45, 7) is 4.02. The first-order valence-corrected chi connectivity index (χ1v) is 6.31. The molecular weight excluding hydrogens is 240 g/mol. The van der Waals surface area contributed by atoms with Crippen LogP contribution < -0.4 is 4.74 Å². The molecule has 100 valence electrons. The maximum absolute atomic E-state index is 12.3. The number of ether oxygens (including phenoxy) is 1. The van der Waals surface area contributed by atoms with Gasteiger partial charge in [-0.05, 0) is 37.6 Å². The Morgan fingerprint density at radius 2 is 1.95 bits per heavy atom. The molecule has 0 saturated heterocycles. The zero-order valence-corrected chi connectivity index (χ0v) is 11.5. The van der Waals surface area contributed by atoms with Gasteiger partial charge < -0.3 is 4.74 Å². The van der Waals surface area contributed by atoms with Crippen LogP contribution in [0.15, 0.2) is 36.5 Å². The van der Waals surface area contributed by atoms with E-state index in [0.717, 1.165) is 11.3 Å². The van der Waals surface area contributed by atoms with Crippen molar-refractivity contribution in [3.8, 4) is 5.75 Å². The fourth-order valence-electron chi connectivity index (χ4n) is 1.97. The molecule has 4 heteroatoms. The Bertz CT molecular complexity index is 556. The predicted octanol–water partition coefficient (Wildman–Crippen LogP) is 2.90. The molecule has 0 aliphatic carbocycles. The van der Waals surface area contributed by atoms with Crippen LogP contribution >= 0.6 is 0 Å². The van der Waals surface area contributed by atoms with Gasteiger partial charge in [0, 0.05) is 18.7 Å². The summed E-state index contributed by atoms with van der Waals surface area (Å²) in [4.78, 5) is 12.3. The highest BCUT2D eigenvalue weighted by molar-refractivity contribution is 5.96. The molecule has 0 aliphatic rings. The van der Waals surface area contributed by atoms with Gasteiger partial charge in [0.1, 0.15) is 11.4 Å². The largest absolute Gasteiger partial charge is 0.497 e. The number of benzene rings is 1. The molecule has 2 rings (SSSR count). The number of ketones is 1. The number of nitrogens with zero attached hydrogens (tertiary/aromatic N) is 2. The van der Waals surface area contributed by atoms with Gasteiger partial charge in [-0.25, -0.2) is 0 Å². The Labute approximate surface area is 113 Å². The van der Waals surface area contributed by atoms with Crippen LogP contribution in [0.4, 0.5) is 0 Å². The highest BCUT2D eigenvalue weighted by Gasteiger charge is 2.14. The van der Waals surface area contributed by atoms with E-state index >= 15 is 0 Å². The molecule has 0 unspecified atom stereocenters. The zero-order valence-electron chi connectivity index (χ0n) is 11.5. The first-order chi connectivity index (χ1) is 9.11. The second-order valence-corrected chi connectivity index (χ2v) is 4.70. The van der Waals surface area contributed by atoms with Crippen LogP contribution in [0.25, 0.3) is 0 Å². The van der Waals surface area contributed by atoms with Crippen LogP contribution in [-0.2, 0) is 6.42 Å². The number of Topliss-reactive ketones (excluding diaryl/α,β-unsaturated/α-hetero) is 1. The average Bonchev–Trinajstić information content (AvgIpc) is 2.89. The minimum absolute atomic E-state index is 0.0800. The van der Waals surface area contributed by atoms with Crippen LogP contribution in [0.1, 0.15) is 35.9 Å². The summed E-state index contributed by atoms with van der Waals surface area (Å²) in [6, 6.07) is 9.50.